The lowest BCUT2D eigenvalue weighted by atomic mass is 10.1. The second-order valence-corrected chi connectivity index (χ2v) is 3.43. The third-order valence-corrected chi connectivity index (χ3v) is 2.07. The number of carbonyl (C=O) groups is 1. The predicted octanol–water partition coefficient (Wildman–Crippen LogP) is 0.545. The van der Waals surface area contributed by atoms with Gasteiger partial charge in [0, 0.05) is 11.6 Å². The molecule has 0 spiro atoms. The predicted molar refractivity (Wildman–Crippen MR) is 57.0 cm³/mol. The number of aliphatic hydroxyl groups excluding tert-OH is 1. The number of hydrogen-bond acceptors (Lipinski definition) is 4. The zero-order valence-electron chi connectivity index (χ0n) is 8.60. The van der Waals surface area contributed by atoms with Gasteiger partial charge in [-0.1, -0.05) is 0 Å². The van der Waals surface area contributed by atoms with Crippen molar-refractivity contribution >= 4 is 5.78 Å². The van der Waals surface area contributed by atoms with Crippen molar-refractivity contribution in [3.8, 4) is 5.75 Å². The summed E-state index contributed by atoms with van der Waals surface area (Å²) in [6, 6.07) is 6.00. The van der Waals surface area contributed by atoms with Crippen molar-refractivity contribution in [2.75, 3.05) is 13.2 Å². The van der Waals surface area contributed by atoms with Crippen molar-refractivity contribution in [3.05, 3.63) is 29.8 Å². The Bertz CT molecular complexity index is 321. The molecule has 0 saturated heterocycles. The molecule has 1 unspecified atom stereocenters. The first-order chi connectivity index (χ1) is 7.13. The molecule has 82 valence electrons. The minimum absolute atomic E-state index is 0.00284. The Labute approximate surface area is 88.6 Å². The van der Waals surface area contributed by atoms with Crippen molar-refractivity contribution in [2.24, 2.45) is 0 Å². The van der Waals surface area contributed by atoms with Crippen LogP contribution in [0.15, 0.2) is 24.3 Å². The summed E-state index contributed by atoms with van der Waals surface area (Å²) in [6.07, 6.45) is 0. The maximum atomic E-state index is 11.6. The zero-order valence-corrected chi connectivity index (χ0v) is 8.60. The Morgan fingerprint density at radius 2 is 2.00 bits per heavy atom. The molecule has 1 aromatic carbocycles. The maximum Gasteiger partial charge on any atom is 0.176 e. The van der Waals surface area contributed by atoms with E-state index in [1.54, 1.807) is 19.1 Å². The summed E-state index contributed by atoms with van der Waals surface area (Å²) in [6.45, 7) is 1.99. The van der Waals surface area contributed by atoms with Gasteiger partial charge in [-0.3, -0.25) is 4.79 Å². The molecule has 0 aromatic heterocycles. The number of nitrogens with one attached hydrogen (secondary N) is 1. The fourth-order valence-electron chi connectivity index (χ4n) is 1.08. The molecule has 0 fully saturated rings. The van der Waals surface area contributed by atoms with Gasteiger partial charge in [-0.25, -0.2) is 0 Å². The number of phenolic OH excluding ortho intramolecular Hbond substituents is 1. The summed E-state index contributed by atoms with van der Waals surface area (Å²) < 4.78 is 0. The van der Waals surface area contributed by atoms with Crippen LogP contribution in [0.2, 0.25) is 0 Å². The van der Waals surface area contributed by atoms with Crippen LogP contribution in [0.5, 0.6) is 5.75 Å². The highest BCUT2D eigenvalue weighted by Gasteiger charge is 2.07. The van der Waals surface area contributed by atoms with Crippen LogP contribution < -0.4 is 5.32 Å². The highest BCUT2D eigenvalue weighted by molar-refractivity contribution is 5.97. The summed E-state index contributed by atoms with van der Waals surface area (Å²) in [5.41, 5.74) is 0.547. The fourth-order valence-corrected chi connectivity index (χ4v) is 1.08. The zero-order chi connectivity index (χ0) is 11.3. The van der Waals surface area contributed by atoms with E-state index in [9.17, 15) is 4.79 Å². The van der Waals surface area contributed by atoms with Crippen LogP contribution in [0, 0.1) is 0 Å². The molecule has 15 heavy (non-hydrogen) atoms. The lowest BCUT2D eigenvalue weighted by Crippen LogP contribution is -2.33. The summed E-state index contributed by atoms with van der Waals surface area (Å²) in [7, 11) is 0. The van der Waals surface area contributed by atoms with E-state index >= 15 is 0 Å². The normalized spacial score (nSPS) is 12.4. The summed E-state index contributed by atoms with van der Waals surface area (Å²) in [5.74, 6) is 0.0820. The number of rotatable bonds is 5. The molecule has 1 atom stereocenters. The molecule has 3 N–H and O–H groups in total. The first-order valence-corrected chi connectivity index (χ1v) is 4.80. The van der Waals surface area contributed by atoms with E-state index in [0.717, 1.165) is 0 Å². The number of hydrogen-bond donors (Lipinski definition) is 3. The van der Waals surface area contributed by atoms with Crippen LogP contribution in [0.25, 0.3) is 0 Å². The molecule has 0 heterocycles. The third kappa shape index (κ3) is 3.69. The van der Waals surface area contributed by atoms with E-state index in [2.05, 4.69) is 5.32 Å². The minimum Gasteiger partial charge on any atom is -0.508 e. The van der Waals surface area contributed by atoms with Gasteiger partial charge in [0.2, 0.25) is 0 Å². The largest absolute Gasteiger partial charge is 0.508 e. The van der Waals surface area contributed by atoms with Gasteiger partial charge in [0.25, 0.3) is 0 Å². The van der Waals surface area contributed by atoms with E-state index in [1.165, 1.54) is 12.1 Å². The first kappa shape index (κ1) is 11.7. The standard InChI is InChI=1S/C11H15NO3/c1-8(7-13)12-6-11(15)9-2-4-10(14)5-3-9/h2-5,8,12-14H,6-7H2,1H3. The van der Waals surface area contributed by atoms with Gasteiger partial charge in [0.1, 0.15) is 5.75 Å². The quantitative estimate of drug-likeness (QED) is 0.619. The van der Waals surface area contributed by atoms with Crippen LogP contribution >= 0.6 is 0 Å². The molecule has 1 rings (SSSR count). The van der Waals surface area contributed by atoms with Crippen molar-refractivity contribution in [3.63, 3.8) is 0 Å². The van der Waals surface area contributed by atoms with E-state index in [1.807, 2.05) is 0 Å². The molecular formula is C11H15NO3. The Kier molecular flexibility index (Phi) is 4.27. The molecule has 0 saturated carbocycles. The van der Waals surface area contributed by atoms with E-state index in [4.69, 9.17) is 10.2 Å². The van der Waals surface area contributed by atoms with E-state index < -0.39 is 0 Å². The van der Waals surface area contributed by atoms with Crippen molar-refractivity contribution in [1.29, 1.82) is 0 Å². The molecule has 0 aliphatic heterocycles. The number of aromatic hydroxyl groups is 1. The number of aliphatic hydroxyl groups is 1. The molecule has 4 nitrogen and oxygen atoms in total. The maximum absolute atomic E-state index is 11.6. The second-order valence-electron chi connectivity index (χ2n) is 3.43. The number of phenols is 1. The molecule has 0 amide bonds. The number of carbonyl (C=O) groups excluding carboxylic acids is 1. The average molecular weight is 209 g/mol. The topological polar surface area (TPSA) is 69.6 Å². The highest BCUT2D eigenvalue weighted by atomic mass is 16.3. The second kappa shape index (κ2) is 5.48. The van der Waals surface area contributed by atoms with Gasteiger partial charge in [-0.15, -0.1) is 0 Å². The molecule has 4 heteroatoms. The summed E-state index contributed by atoms with van der Waals surface area (Å²) in [5, 5.41) is 20.7. The van der Waals surface area contributed by atoms with Crippen LogP contribution in [0.3, 0.4) is 0 Å². The highest BCUT2D eigenvalue weighted by Crippen LogP contribution is 2.09. The monoisotopic (exact) mass is 209 g/mol. The fraction of sp³-hybridized carbons (Fsp3) is 0.364. The van der Waals surface area contributed by atoms with E-state index in [0.29, 0.717) is 5.56 Å². The Hall–Kier alpha value is -1.39. The van der Waals surface area contributed by atoms with Gasteiger partial charge in [-0.05, 0) is 31.2 Å². The van der Waals surface area contributed by atoms with Crippen LogP contribution in [0.4, 0.5) is 0 Å². The number of benzene rings is 1. The molecule has 1 aromatic rings. The van der Waals surface area contributed by atoms with Crippen LogP contribution in [0.1, 0.15) is 17.3 Å². The molecule has 0 aliphatic carbocycles. The average Bonchev–Trinajstić information content (AvgIpc) is 2.26. The van der Waals surface area contributed by atoms with Crippen molar-refractivity contribution in [2.45, 2.75) is 13.0 Å². The van der Waals surface area contributed by atoms with Crippen molar-refractivity contribution in [1.82, 2.24) is 5.32 Å². The lowest BCUT2D eigenvalue weighted by Gasteiger charge is -2.09. The smallest absolute Gasteiger partial charge is 0.176 e. The van der Waals surface area contributed by atoms with Gasteiger partial charge in [0.15, 0.2) is 5.78 Å². The first-order valence-electron chi connectivity index (χ1n) is 4.80. The third-order valence-electron chi connectivity index (χ3n) is 2.07. The molecular weight excluding hydrogens is 194 g/mol. The number of ketones is 1. The van der Waals surface area contributed by atoms with Crippen LogP contribution in [-0.4, -0.2) is 35.2 Å². The van der Waals surface area contributed by atoms with Gasteiger partial charge in [0.05, 0.1) is 13.2 Å². The Morgan fingerprint density at radius 3 is 2.53 bits per heavy atom. The Morgan fingerprint density at radius 1 is 1.40 bits per heavy atom. The Balaban J connectivity index is 2.50. The minimum atomic E-state index is -0.0916. The molecule has 0 bridgehead atoms. The van der Waals surface area contributed by atoms with Gasteiger partial charge < -0.3 is 15.5 Å². The van der Waals surface area contributed by atoms with Gasteiger partial charge in [-0.2, -0.15) is 0 Å². The molecule has 0 aliphatic rings. The van der Waals surface area contributed by atoms with E-state index in [-0.39, 0.29) is 30.7 Å². The summed E-state index contributed by atoms with van der Waals surface area (Å²) in [4.78, 5) is 11.6. The van der Waals surface area contributed by atoms with Gasteiger partial charge >= 0.3 is 0 Å². The number of Topliss-reactive ketones (excluding diaryl/α,β-unsaturated/α-hetero) is 1. The van der Waals surface area contributed by atoms with Crippen LogP contribution in [-0.2, 0) is 0 Å². The lowest BCUT2D eigenvalue weighted by molar-refractivity contribution is 0.0984. The molecule has 0 radical (unpaired) electrons. The SMILES string of the molecule is CC(CO)NCC(=O)c1ccc(O)cc1. The summed E-state index contributed by atoms with van der Waals surface area (Å²) >= 11 is 0. The van der Waals surface area contributed by atoms with Crippen molar-refractivity contribution < 1.29 is 15.0 Å².